The van der Waals surface area contributed by atoms with Crippen LogP contribution < -0.4 is 9.47 Å². The van der Waals surface area contributed by atoms with E-state index >= 15 is 0 Å². The quantitative estimate of drug-likeness (QED) is 0.775. The normalized spacial score (nSPS) is 15.6. The maximum atomic E-state index is 12.1. The van der Waals surface area contributed by atoms with Crippen LogP contribution in [0.2, 0.25) is 0 Å². The summed E-state index contributed by atoms with van der Waals surface area (Å²) < 4.78 is 10.7. The summed E-state index contributed by atoms with van der Waals surface area (Å²) in [7, 11) is 1.58. The Morgan fingerprint density at radius 3 is 2.94 bits per heavy atom. The molecule has 0 spiro atoms. The number of rotatable bonds is 2. The summed E-state index contributed by atoms with van der Waals surface area (Å²) in [6.45, 7) is 0. The molecule has 2 heterocycles. The molecule has 1 aromatic carbocycles. The lowest BCUT2D eigenvalue weighted by atomic mass is 10.1. The van der Waals surface area contributed by atoms with E-state index < -0.39 is 0 Å². The summed E-state index contributed by atoms with van der Waals surface area (Å²) in [6, 6.07) is 9.09. The first-order valence-corrected chi connectivity index (χ1v) is 6.31. The van der Waals surface area contributed by atoms with E-state index in [2.05, 4.69) is 0 Å². The number of Topliss-reactive ketones (excluding diaryl/α,β-unsaturated/α-hetero) is 1. The molecule has 0 aliphatic carbocycles. The second-order valence-electron chi connectivity index (χ2n) is 3.82. The third-order valence-corrected chi connectivity index (χ3v) is 3.51. The number of benzene rings is 1. The fraction of sp³-hybridized carbons (Fsp3) is 0.0714. The minimum absolute atomic E-state index is 0.0824. The van der Waals surface area contributed by atoms with Gasteiger partial charge in [-0.3, -0.25) is 4.79 Å². The van der Waals surface area contributed by atoms with Crippen molar-refractivity contribution in [3.05, 3.63) is 51.9 Å². The van der Waals surface area contributed by atoms with Gasteiger partial charge in [0.1, 0.15) is 11.5 Å². The molecule has 90 valence electrons. The molecule has 3 nitrogen and oxygen atoms in total. The Morgan fingerprint density at radius 1 is 1.33 bits per heavy atom. The maximum absolute atomic E-state index is 12.1. The van der Waals surface area contributed by atoms with E-state index in [1.807, 2.05) is 17.5 Å². The third-order valence-electron chi connectivity index (χ3n) is 2.69. The molecule has 0 fully saturated rings. The fourth-order valence-corrected chi connectivity index (χ4v) is 2.44. The number of methoxy groups -OCH3 is 1. The highest BCUT2D eigenvalue weighted by Gasteiger charge is 2.27. The highest BCUT2D eigenvalue weighted by molar-refractivity contribution is 7.10. The van der Waals surface area contributed by atoms with E-state index in [0.717, 1.165) is 4.88 Å². The van der Waals surface area contributed by atoms with Crippen molar-refractivity contribution in [2.24, 2.45) is 0 Å². The van der Waals surface area contributed by atoms with Crippen LogP contribution in [-0.4, -0.2) is 12.9 Å². The summed E-state index contributed by atoms with van der Waals surface area (Å²) in [5.41, 5.74) is 0.582. The molecule has 0 radical (unpaired) electrons. The number of carbonyl (C=O) groups is 1. The molecule has 0 N–H and O–H groups in total. The second kappa shape index (κ2) is 4.31. The minimum atomic E-state index is -0.0824. The van der Waals surface area contributed by atoms with Crippen molar-refractivity contribution in [1.29, 1.82) is 0 Å². The van der Waals surface area contributed by atoms with Gasteiger partial charge in [0, 0.05) is 17.0 Å². The summed E-state index contributed by atoms with van der Waals surface area (Å²) in [5.74, 6) is 1.52. The highest BCUT2D eigenvalue weighted by atomic mass is 32.1. The highest BCUT2D eigenvalue weighted by Crippen LogP contribution is 2.34. The molecule has 0 saturated heterocycles. The molecule has 1 aliphatic heterocycles. The maximum Gasteiger partial charge on any atom is 0.232 e. The molecule has 2 aromatic rings. The molecule has 0 saturated carbocycles. The van der Waals surface area contributed by atoms with Crippen molar-refractivity contribution >= 4 is 23.2 Å². The lowest BCUT2D eigenvalue weighted by Crippen LogP contribution is -1.97. The van der Waals surface area contributed by atoms with Gasteiger partial charge in [-0.25, -0.2) is 0 Å². The smallest absolute Gasteiger partial charge is 0.232 e. The summed E-state index contributed by atoms with van der Waals surface area (Å²) in [5, 5.41) is 1.96. The van der Waals surface area contributed by atoms with Gasteiger partial charge in [-0.2, -0.15) is 0 Å². The average Bonchev–Trinajstić information content (AvgIpc) is 2.99. The minimum Gasteiger partial charge on any atom is -0.497 e. The first-order valence-electron chi connectivity index (χ1n) is 5.44. The molecular weight excluding hydrogens is 248 g/mol. The second-order valence-corrected chi connectivity index (χ2v) is 4.80. The number of carbonyl (C=O) groups excluding carboxylic acids is 1. The Bertz CT molecular complexity index is 626. The molecule has 4 heteroatoms. The zero-order chi connectivity index (χ0) is 12.5. The van der Waals surface area contributed by atoms with Crippen LogP contribution >= 0.6 is 11.3 Å². The predicted molar refractivity (Wildman–Crippen MR) is 70.2 cm³/mol. The topological polar surface area (TPSA) is 35.5 Å². The number of hydrogen-bond donors (Lipinski definition) is 0. The lowest BCUT2D eigenvalue weighted by Gasteiger charge is -2.01. The molecule has 0 bridgehead atoms. The first kappa shape index (κ1) is 11.0. The Hall–Kier alpha value is -2.07. The molecule has 1 aromatic heterocycles. The molecular formula is C14H10O3S. The molecule has 1 aliphatic rings. The SMILES string of the molecule is COc1ccc2c(c1)O/C(=C/c1cccs1)C2=O. The number of ether oxygens (including phenoxy) is 2. The Labute approximate surface area is 108 Å². The van der Waals surface area contributed by atoms with Gasteiger partial charge in [-0.05, 0) is 23.6 Å². The van der Waals surface area contributed by atoms with Crippen molar-refractivity contribution in [1.82, 2.24) is 0 Å². The Balaban J connectivity index is 1.98. The summed E-state index contributed by atoms with van der Waals surface area (Å²) >= 11 is 1.56. The molecule has 0 unspecified atom stereocenters. The van der Waals surface area contributed by atoms with Crippen molar-refractivity contribution in [3.8, 4) is 11.5 Å². The third kappa shape index (κ3) is 1.80. The summed E-state index contributed by atoms with van der Waals surface area (Å²) in [6.07, 6.45) is 1.76. The largest absolute Gasteiger partial charge is 0.497 e. The average molecular weight is 258 g/mol. The number of hydrogen-bond acceptors (Lipinski definition) is 4. The van der Waals surface area contributed by atoms with Gasteiger partial charge in [-0.15, -0.1) is 11.3 Å². The van der Waals surface area contributed by atoms with Crippen LogP contribution in [0.3, 0.4) is 0 Å². The van der Waals surface area contributed by atoms with Crippen LogP contribution in [0.1, 0.15) is 15.2 Å². The zero-order valence-corrected chi connectivity index (χ0v) is 10.5. The van der Waals surface area contributed by atoms with Gasteiger partial charge in [0.05, 0.1) is 12.7 Å². The van der Waals surface area contributed by atoms with Crippen molar-refractivity contribution in [2.75, 3.05) is 7.11 Å². The van der Waals surface area contributed by atoms with Gasteiger partial charge in [-0.1, -0.05) is 6.07 Å². The van der Waals surface area contributed by atoms with Crippen molar-refractivity contribution in [3.63, 3.8) is 0 Å². The van der Waals surface area contributed by atoms with Gasteiger partial charge in [0.2, 0.25) is 5.78 Å². The van der Waals surface area contributed by atoms with Crippen molar-refractivity contribution < 1.29 is 14.3 Å². The van der Waals surface area contributed by atoms with Gasteiger partial charge in [0.25, 0.3) is 0 Å². The molecule has 18 heavy (non-hydrogen) atoms. The monoisotopic (exact) mass is 258 g/mol. The van der Waals surface area contributed by atoms with Crippen molar-refractivity contribution in [2.45, 2.75) is 0 Å². The van der Waals surface area contributed by atoms with Crippen LogP contribution in [0.15, 0.2) is 41.5 Å². The number of fused-ring (bicyclic) bond motifs is 1. The van der Waals surface area contributed by atoms with E-state index in [1.165, 1.54) is 0 Å². The molecule has 0 atom stereocenters. The number of allylic oxidation sites excluding steroid dienone is 1. The van der Waals surface area contributed by atoms with Crippen LogP contribution in [0.5, 0.6) is 11.5 Å². The van der Waals surface area contributed by atoms with Crippen LogP contribution in [0, 0.1) is 0 Å². The zero-order valence-electron chi connectivity index (χ0n) is 9.67. The Morgan fingerprint density at radius 2 is 2.22 bits per heavy atom. The Kier molecular flexibility index (Phi) is 2.64. The predicted octanol–water partition coefficient (Wildman–Crippen LogP) is 3.37. The molecule has 3 rings (SSSR count). The van der Waals surface area contributed by atoms with E-state index in [9.17, 15) is 4.79 Å². The van der Waals surface area contributed by atoms with Gasteiger partial charge < -0.3 is 9.47 Å². The van der Waals surface area contributed by atoms with E-state index in [0.29, 0.717) is 22.8 Å². The van der Waals surface area contributed by atoms with Gasteiger partial charge in [0.15, 0.2) is 5.76 Å². The number of thiophene rings is 1. The van der Waals surface area contributed by atoms with E-state index in [-0.39, 0.29) is 5.78 Å². The number of ketones is 1. The van der Waals surface area contributed by atoms with Crippen LogP contribution in [-0.2, 0) is 0 Å². The van der Waals surface area contributed by atoms with E-state index in [1.54, 1.807) is 42.7 Å². The lowest BCUT2D eigenvalue weighted by molar-refractivity contribution is 0.101. The summed E-state index contributed by atoms with van der Waals surface area (Å²) in [4.78, 5) is 13.1. The van der Waals surface area contributed by atoms with Crippen LogP contribution in [0.4, 0.5) is 0 Å². The van der Waals surface area contributed by atoms with E-state index in [4.69, 9.17) is 9.47 Å². The fourth-order valence-electron chi connectivity index (χ4n) is 1.80. The van der Waals surface area contributed by atoms with Gasteiger partial charge >= 0.3 is 0 Å². The first-order chi connectivity index (χ1) is 8.78. The van der Waals surface area contributed by atoms with Crippen LogP contribution in [0.25, 0.3) is 6.08 Å². The standard InChI is InChI=1S/C14H10O3S/c1-16-9-4-5-11-12(7-9)17-13(14(11)15)8-10-3-2-6-18-10/h2-8H,1H3/b13-8+. The molecule has 0 amide bonds.